The largest absolute Gasteiger partial charge is 0.360 e. The molecule has 0 aliphatic heterocycles. The second-order valence-corrected chi connectivity index (χ2v) is 4.29. The van der Waals surface area contributed by atoms with Crippen molar-refractivity contribution in [1.29, 1.82) is 0 Å². The molecule has 0 saturated carbocycles. The number of nitrogens with one attached hydrogen (secondary N) is 1. The zero-order valence-corrected chi connectivity index (χ0v) is 9.51. The minimum absolute atomic E-state index is 0.466. The number of H-pyrrole nitrogens is 1. The number of rotatable bonds is 3. The molecule has 0 aliphatic carbocycles. The zero-order chi connectivity index (χ0) is 10.8. The van der Waals surface area contributed by atoms with Gasteiger partial charge in [-0.15, -0.1) is 0 Å². The molecule has 3 N–H and O–H groups in total. The number of fused-ring (bicyclic) bond motifs is 1. The van der Waals surface area contributed by atoms with Crippen LogP contribution in [0.25, 0.3) is 10.9 Å². The van der Waals surface area contributed by atoms with E-state index in [1.54, 1.807) is 0 Å². The van der Waals surface area contributed by atoms with E-state index < -0.39 is 0 Å². The fourth-order valence-electron chi connectivity index (χ4n) is 1.96. The highest BCUT2D eigenvalue weighted by atomic mass is 35.5. The van der Waals surface area contributed by atoms with Crippen LogP contribution in [-0.4, -0.2) is 11.5 Å². The van der Waals surface area contributed by atoms with Gasteiger partial charge in [0.05, 0.1) is 10.5 Å². The first-order valence-electron chi connectivity index (χ1n) is 5.19. The van der Waals surface area contributed by atoms with Crippen LogP contribution < -0.4 is 5.73 Å². The molecule has 1 atom stereocenters. The Labute approximate surface area is 94.4 Å². The summed E-state index contributed by atoms with van der Waals surface area (Å²) in [5.74, 6) is 0.466. The molecule has 0 spiro atoms. The number of benzene rings is 1. The molecule has 1 heterocycles. The third-order valence-electron chi connectivity index (χ3n) is 2.83. The minimum Gasteiger partial charge on any atom is -0.360 e. The molecule has 2 nitrogen and oxygen atoms in total. The van der Waals surface area contributed by atoms with Gasteiger partial charge in [0.15, 0.2) is 0 Å². The van der Waals surface area contributed by atoms with Crippen LogP contribution in [0.15, 0.2) is 24.4 Å². The zero-order valence-electron chi connectivity index (χ0n) is 8.76. The summed E-state index contributed by atoms with van der Waals surface area (Å²) in [7, 11) is 0. The van der Waals surface area contributed by atoms with Crippen molar-refractivity contribution < 1.29 is 0 Å². The van der Waals surface area contributed by atoms with Gasteiger partial charge in [-0.25, -0.2) is 0 Å². The van der Waals surface area contributed by atoms with Crippen molar-refractivity contribution in [2.45, 2.75) is 19.3 Å². The molecular formula is C12H15ClN2. The maximum Gasteiger partial charge on any atom is 0.0659 e. The highest BCUT2D eigenvalue weighted by molar-refractivity contribution is 6.35. The summed E-state index contributed by atoms with van der Waals surface area (Å²) in [6.07, 6.45) is 2.83. The normalized spacial score (nSPS) is 13.3. The van der Waals surface area contributed by atoms with Crippen molar-refractivity contribution in [3.63, 3.8) is 0 Å². The van der Waals surface area contributed by atoms with Gasteiger partial charge < -0.3 is 10.7 Å². The lowest BCUT2D eigenvalue weighted by molar-refractivity contribution is 0.694. The van der Waals surface area contributed by atoms with Gasteiger partial charge >= 0.3 is 0 Å². The highest BCUT2D eigenvalue weighted by Gasteiger charge is 2.10. The van der Waals surface area contributed by atoms with Gasteiger partial charge in [-0.3, -0.25) is 0 Å². The fourth-order valence-corrected chi connectivity index (χ4v) is 2.17. The van der Waals surface area contributed by atoms with Gasteiger partial charge in [0.25, 0.3) is 0 Å². The molecule has 0 fully saturated rings. The molecule has 0 aliphatic rings. The Kier molecular flexibility index (Phi) is 2.98. The number of hydrogen-bond donors (Lipinski definition) is 2. The Morgan fingerprint density at radius 2 is 2.27 bits per heavy atom. The van der Waals surface area contributed by atoms with E-state index in [1.807, 2.05) is 18.3 Å². The van der Waals surface area contributed by atoms with Crippen LogP contribution >= 0.6 is 11.6 Å². The Hall–Kier alpha value is -0.990. The second-order valence-electron chi connectivity index (χ2n) is 3.88. The minimum atomic E-state index is 0.466. The predicted octanol–water partition coefficient (Wildman–Crippen LogP) is 3.27. The van der Waals surface area contributed by atoms with Crippen molar-refractivity contribution in [3.8, 4) is 0 Å². The van der Waals surface area contributed by atoms with Crippen LogP contribution in [0.4, 0.5) is 0 Å². The predicted molar refractivity (Wildman–Crippen MR) is 65.4 cm³/mol. The Morgan fingerprint density at radius 3 is 3.00 bits per heavy atom. The first-order valence-corrected chi connectivity index (χ1v) is 5.57. The summed E-state index contributed by atoms with van der Waals surface area (Å²) >= 11 is 6.07. The number of aromatic nitrogens is 1. The van der Waals surface area contributed by atoms with Crippen molar-refractivity contribution in [2.75, 3.05) is 6.54 Å². The van der Waals surface area contributed by atoms with E-state index in [-0.39, 0.29) is 0 Å². The maximum absolute atomic E-state index is 6.07. The molecule has 0 saturated heterocycles. The summed E-state index contributed by atoms with van der Waals surface area (Å²) in [6, 6.07) is 6.22. The first kappa shape index (κ1) is 10.5. The topological polar surface area (TPSA) is 41.8 Å². The molecule has 2 rings (SSSR count). The molecule has 0 bridgehead atoms. The van der Waals surface area contributed by atoms with Gasteiger partial charge in [-0.1, -0.05) is 36.7 Å². The molecule has 1 unspecified atom stereocenters. The first-order chi connectivity index (χ1) is 7.24. The van der Waals surface area contributed by atoms with E-state index in [4.69, 9.17) is 17.3 Å². The van der Waals surface area contributed by atoms with Crippen LogP contribution in [-0.2, 0) is 0 Å². The van der Waals surface area contributed by atoms with E-state index in [1.165, 1.54) is 5.56 Å². The summed E-state index contributed by atoms with van der Waals surface area (Å²) in [4.78, 5) is 3.22. The molecule has 15 heavy (non-hydrogen) atoms. The summed E-state index contributed by atoms with van der Waals surface area (Å²) in [5, 5.41) is 1.88. The molecule has 0 amide bonds. The Morgan fingerprint density at radius 1 is 1.47 bits per heavy atom. The number of halogens is 1. The van der Waals surface area contributed by atoms with Gasteiger partial charge in [0, 0.05) is 11.6 Å². The van der Waals surface area contributed by atoms with Gasteiger partial charge in [0.1, 0.15) is 0 Å². The molecule has 2 aromatic rings. The lowest BCUT2D eigenvalue weighted by atomic mass is 9.96. The van der Waals surface area contributed by atoms with Crippen LogP contribution in [0.2, 0.25) is 5.02 Å². The summed E-state index contributed by atoms with van der Waals surface area (Å²) < 4.78 is 0. The lowest BCUT2D eigenvalue weighted by Crippen LogP contribution is -2.04. The standard InChI is InChI=1S/C12H15ClN2/c1-8(5-6-14)9-3-2-4-10-11(13)7-15-12(9)10/h2-4,7-8,15H,5-6,14H2,1H3. The quantitative estimate of drug-likeness (QED) is 0.823. The molecule has 1 aromatic carbocycles. The average Bonchev–Trinajstić information content (AvgIpc) is 2.61. The third kappa shape index (κ3) is 1.87. The molecule has 80 valence electrons. The molecular weight excluding hydrogens is 208 g/mol. The number of para-hydroxylation sites is 1. The summed E-state index contributed by atoms with van der Waals surface area (Å²) in [5.41, 5.74) is 8.02. The van der Waals surface area contributed by atoms with Crippen LogP contribution in [0.1, 0.15) is 24.8 Å². The monoisotopic (exact) mass is 222 g/mol. The van der Waals surface area contributed by atoms with Crippen LogP contribution in [0, 0.1) is 0 Å². The number of hydrogen-bond acceptors (Lipinski definition) is 1. The smallest absolute Gasteiger partial charge is 0.0659 e. The van der Waals surface area contributed by atoms with Crippen LogP contribution in [0.5, 0.6) is 0 Å². The van der Waals surface area contributed by atoms with Gasteiger partial charge in [-0.05, 0) is 24.4 Å². The average molecular weight is 223 g/mol. The van der Waals surface area contributed by atoms with E-state index >= 15 is 0 Å². The Bertz CT molecular complexity index is 462. The van der Waals surface area contributed by atoms with Crippen molar-refractivity contribution >= 4 is 22.5 Å². The number of aromatic amines is 1. The third-order valence-corrected chi connectivity index (χ3v) is 3.14. The highest BCUT2D eigenvalue weighted by Crippen LogP contribution is 2.30. The number of nitrogens with two attached hydrogens (primary N) is 1. The maximum atomic E-state index is 6.07. The van der Waals surface area contributed by atoms with Crippen molar-refractivity contribution in [2.24, 2.45) is 5.73 Å². The SMILES string of the molecule is CC(CCN)c1cccc2c(Cl)c[nH]c12. The van der Waals surface area contributed by atoms with E-state index in [0.29, 0.717) is 12.5 Å². The van der Waals surface area contributed by atoms with E-state index in [9.17, 15) is 0 Å². The lowest BCUT2D eigenvalue weighted by Gasteiger charge is -2.11. The van der Waals surface area contributed by atoms with E-state index in [2.05, 4.69) is 18.0 Å². The van der Waals surface area contributed by atoms with Gasteiger partial charge in [0.2, 0.25) is 0 Å². The molecule has 3 heteroatoms. The van der Waals surface area contributed by atoms with Crippen molar-refractivity contribution in [1.82, 2.24) is 4.98 Å². The van der Waals surface area contributed by atoms with E-state index in [0.717, 1.165) is 22.3 Å². The fraction of sp³-hybridized carbons (Fsp3) is 0.333. The second kappa shape index (κ2) is 4.25. The molecule has 0 radical (unpaired) electrons. The summed E-state index contributed by atoms with van der Waals surface area (Å²) in [6.45, 7) is 2.91. The van der Waals surface area contributed by atoms with Crippen LogP contribution in [0.3, 0.4) is 0 Å². The van der Waals surface area contributed by atoms with Crippen molar-refractivity contribution in [3.05, 3.63) is 35.0 Å². The Balaban J connectivity index is 2.51. The molecule has 1 aromatic heterocycles. The van der Waals surface area contributed by atoms with Gasteiger partial charge in [-0.2, -0.15) is 0 Å².